The Morgan fingerprint density at radius 3 is 2.89 bits per heavy atom. The monoisotopic (exact) mass is 374 g/mol. The van der Waals surface area contributed by atoms with Gasteiger partial charge in [0.15, 0.2) is 5.96 Å². The highest BCUT2D eigenvalue weighted by molar-refractivity contribution is 14.0. The van der Waals surface area contributed by atoms with Crippen LogP contribution < -0.4 is 15.4 Å². The van der Waals surface area contributed by atoms with E-state index in [9.17, 15) is 0 Å². The molecule has 0 bridgehead atoms. The highest BCUT2D eigenvalue weighted by Gasteiger charge is 1.98. The summed E-state index contributed by atoms with van der Waals surface area (Å²) in [6.07, 6.45) is 5.19. The number of hydrogen-bond donors (Lipinski definition) is 2. The molecular formula is C13H19IN4O. The Morgan fingerprint density at radius 2 is 2.26 bits per heavy atom. The predicted molar refractivity (Wildman–Crippen MR) is 87.9 cm³/mol. The van der Waals surface area contributed by atoms with Crippen LogP contribution in [0.4, 0.5) is 0 Å². The lowest BCUT2D eigenvalue weighted by molar-refractivity contribution is 0.396. The largest absolute Gasteiger partial charge is 0.481 e. The van der Waals surface area contributed by atoms with Gasteiger partial charge in [-0.2, -0.15) is 0 Å². The zero-order valence-corrected chi connectivity index (χ0v) is 13.5. The molecule has 0 radical (unpaired) electrons. The number of aromatic nitrogens is 1. The van der Waals surface area contributed by atoms with E-state index in [1.54, 1.807) is 13.2 Å². The van der Waals surface area contributed by atoms with E-state index in [-0.39, 0.29) is 24.0 Å². The van der Waals surface area contributed by atoms with Gasteiger partial charge in [0, 0.05) is 12.6 Å². The third-order valence-corrected chi connectivity index (χ3v) is 2.09. The number of nitrogens with one attached hydrogen (secondary N) is 2. The fourth-order valence-electron chi connectivity index (χ4n) is 1.30. The first kappa shape index (κ1) is 17.5. The molecule has 0 aromatic carbocycles. The van der Waals surface area contributed by atoms with E-state index < -0.39 is 0 Å². The van der Waals surface area contributed by atoms with Crippen LogP contribution >= 0.6 is 24.0 Å². The van der Waals surface area contributed by atoms with Crippen LogP contribution in [0.3, 0.4) is 0 Å². The van der Waals surface area contributed by atoms with Gasteiger partial charge < -0.3 is 15.4 Å². The summed E-state index contributed by atoms with van der Waals surface area (Å²) in [5.74, 6) is 3.77. The molecule has 0 spiro atoms. The van der Waals surface area contributed by atoms with Crippen molar-refractivity contribution >= 4 is 29.9 Å². The van der Waals surface area contributed by atoms with Gasteiger partial charge in [-0.1, -0.05) is 12.0 Å². The normalized spacial score (nSPS) is 10.1. The molecule has 5 nitrogen and oxygen atoms in total. The molecule has 0 aliphatic heterocycles. The summed E-state index contributed by atoms with van der Waals surface area (Å²) in [7, 11) is 1.59. The quantitative estimate of drug-likeness (QED) is 0.354. The molecular weight excluding hydrogens is 355 g/mol. The van der Waals surface area contributed by atoms with E-state index in [2.05, 4.69) is 26.5 Å². The van der Waals surface area contributed by atoms with Gasteiger partial charge in [-0.3, -0.25) is 0 Å². The number of aliphatic imine (C=N–C) groups is 1. The highest BCUT2D eigenvalue weighted by Crippen LogP contribution is 2.07. The van der Waals surface area contributed by atoms with Crippen molar-refractivity contribution in [2.75, 3.05) is 20.2 Å². The van der Waals surface area contributed by atoms with Crippen molar-refractivity contribution in [1.82, 2.24) is 15.6 Å². The van der Waals surface area contributed by atoms with E-state index >= 15 is 0 Å². The van der Waals surface area contributed by atoms with Crippen LogP contribution in [0.5, 0.6) is 5.88 Å². The van der Waals surface area contributed by atoms with Gasteiger partial charge in [0.2, 0.25) is 5.88 Å². The lowest BCUT2D eigenvalue weighted by Gasteiger charge is -2.08. The second kappa shape index (κ2) is 10.4. The Morgan fingerprint density at radius 1 is 1.47 bits per heavy atom. The van der Waals surface area contributed by atoms with Gasteiger partial charge >= 0.3 is 0 Å². The lowest BCUT2D eigenvalue weighted by Crippen LogP contribution is -2.37. The summed E-state index contributed by atoms with van der Waals surface area (Å²) in [6, 6.07) is 5.59. The van der Waals surface area contributed by atoms with E-state index in [0.29, 0.717) is 24.9 Å². The van der Waals surface area contributed by atoms with Crippen LogP contribution in [-0.4, -0.2) is 31.1 Å². The van der Waals surface area contributed by atoms with E-state index in [0.717, 1.165) is 12.2 Å². The number of methoxy groups -OCH3 is 1. The standard InChI is InChI=1S/C13H18N4O.HI/c1-4-9-15-13(14-5-2)16-10-11-7-6-8-12(17-11)18-3;/h1,6-8H,5,9-10H2,2-3H3,(H2,14,15,16);1H. The Hall–Kier alpha value is -1.49. The average molecular weight is 374 g/mol. The molecule has 1 heterocycles. The second-order valence-corrected chi connectivity index (χ2v) is 3.42. The van der Waals surface area contributed by atoms with Crippen molar-refractivity contribution in [2.45, 2.75) is 13.5 Å². The number of rotatable bonds is 5. The number of hydrogen-bond acceptors (Lipinski definition) is 3. The van der Waals surface area contributed by atoms with Gasteiger partial charge in [-0.25, -0.2) is 9.98 Å². The lowest BCUT2D eigenvalue weighted by atomic mass is 10.3. The Bertz CT molecular complexity index is 443. The molecule has 0 saturated heterocycles. The fraction of sp³-hybridized carbons (Fsp3) is 0.385. The van der Waals surface area contributed by atoms with Gasteiger partial charge in [0.05, 0.1) is 25.9 Å². The van der Waals surface area contributed by atoms with E-state index in [1.807, 2.05) is 19.1 Å². The molecule has 1 aromatic heterocycles. The third-order valence-electron chi connectivity index (χ3n) is 2.09. The molecule has 0 atom stereocenters. The van der Waals surface area contributed by atoms with Crippen LogP contribution in [0.2, 0.25) is 0 Å². The van der Waals surface area contributed by atoms with Crippen molar-refractivity contribution in [3.05, 3.63) is 23.9 Å². The fourth-order valence-corrected chi connectivity index (χ4v) is 1.30. The maximum Gasteiger partial charge on any atom is 0.213 e. The number of terminal acetylenes is 1. The zero-order valence-electron chi connectivity index (χ0n) is 11.1. The number of ether oxygens (including phenoxy) is 1. The Labute approximate surface area is 131 Å². The summed E-state index contributed by atoms with van der Waals surface area (Å²) < 4.78 is 5.06. The van der Waals surface area contributed by atoms with Crippen molar-refractivity contribution in [3.8, 4) is 18.2 Å². The zero-order chi connectivity index (χ0) is 13.2. The maximum absolute atomic E-state index is 5.19. The SMILES string of the molecule is C#CCNC(=NCc1cccc(OC)n1)NCC.I. The van der Waals surface area contributed by atoms with E-state index in [1.165, 1.54) is 0 Å². The minimum Gasteiger partial charge on any atom is -0.481 e. The number of pyridine rings is 1. The van der Waals surface area contributed by atoms with Crippen LogP contribution in [-0.2, 0) is 6.54 Å². The van der Waals surface area contributed by atoms with Crippen molar-refractivity contribution in [2.24, 2.45) is 4.99 Å². The van der Waals surface area contributed by atoms with Gasteiger partial charge in [0.25, 0.3) is 0 Å². The molecule has 19 heavy (non-hydrogen) atoms. The molecule has 0 aliphatic rings. The Balaban J connectivity index is 0.00000324. The van der Waals surface area contributed by atoms with Crippen LogP contribution in [0, 0.1) is 12.3 Å². The third kappa shape index (κ3) is 6.86. The van der Waals surface area contributed by atoms with E-state index in [4.69, 9.17) is 11.2 Å². The van der Waals surface area contributed by atoms with Gasteiger partial charge in [-0.05, 0) is 13.0 Å². The first-order chi connectivity index (χ1) is 8.80. The first-order valence-electron chi connectivity index (χ1n) is 5.75. The topological polar surface area (TPSA) is 58.5 Å². The molecule has 0 saturated carbocycles. The minimum atomic E-state index is 0. The summed E-state index contributed by atoms with van der Waals surface area (Å²) in [4.78, 5) is 8.66. The molecule has 2 N–H and O–H groups in total. The summed E-state index contributed by atoms with van der Waals surface area (Å²) in [5, 5.41) is 6.11. The number of halogens is 1. The van der Waals surface area contributed by atoms with Crippen molar-refractivity contribution < 1.29 is 4.74 Å². The maximum atomic E-state index is 5.19. The molecule has 1 aromatic rings. The summed E-state index contributed by atoms with van der Waals surface area (Å²) >= 11 is 0. The second-order valence-electron chi connectivity index (χ2n) is 3.42. The van der Waals surface area contributed by atoms with Crippen molar-refractivity contribution in [3.63, 3.8) is 0 Å². The number of guanidine groups is 1. The van der Waals surface area contributed by atoms with Crippen LogP contribution in [0.25, 0.3) is 0 Å². The minimum absolute atomic E-state index is 0. The molecule has 1 rings (SSSR count). The Kier molecular flexibility index (Phi) is 9.62. The molecule has 0 fully saturated rings. The molecule has 6 heteroatoms. The van der Waals surface area contributed by atoms with Crippen LogP contribution in [0.1, 0.15) is 12.6 Å². The summed E-state index contributed by atoms with van der Waals surface area (Å²) in [5.41, 5.74) is 0.840. The molecule has 104 valence electrons. The van der Waals surface area contributed by atoms with Gasteiger partial charge in [-0.15, -0.1) is 30.4 Å². The number of nitrogens with zero attached hydrogens (tertiary/aromatic N) is 2. The van der Waals surface area contributed by atoms with Crippen LogP contribution in [0.15, 0.2) is 23.2 Å². The van der Waals surface area contributed by atoms with Crippen molar-refractivity contribution in [1.29, 1.82) is 0 Å². The smallest absolute Gasteiger partial charge is 0.213 e. The summed E-state index contributed by atoms with van der Waals surface area (Å²) in [6.45, 7) is 3.69. The first-order valence-corrected chi connectivity index (χ1v) is 5.75. The molecule has 0 amide bonds. The molecule has 0 unspecified atom stereocenters. The molecule has 0 aliphatic carbocycles. The predicted octanol–water partition coefficient (Wildman–Crippen LogP) is 1.40. The highest BCUT2D eigenvalue weighted by atomic mass is 127. The average Bonchev–Trinajstić information content (AvgIpc) is 2.42. The van der Waals surface area contributed by atoms with Gasteiger partial charge in [0.1, 0.15) is 0 Å².